The van der Waals surface area contributed by atoms with Crippen molar-refractivity contribution in [1.29, 1.82) is 0 Å². The number of halogens is 1. The molecule has 1 aliphatic heterocycles. The van der Waals surface area contributed by atoms with Gasteiger partial charge in [0.05, 0.1) is 11.1 Å². The van der Waals surface area contributed by atoms with Gasteiger partial charge < -0.3 is 9.64 Å². The molecule has 0 aromatic heterocycles. The summed E-state index contributed by atoms with van der Waals surface area (Å²) in [6.45, 7) is 4.51. The molecule has 0 N–H and O–H groups in total. The Kier molecular flexibility index (Phi) is 5.83. The van der Waals surface area contributed by atoms with Gasteiger partial charge in [0.15, 0.2) is 12.4 Å². The molecule has 1 heterocycles. The molecule has 120 valence electrons. The molecular weight excluding hydrogens is 302 g/mol. The van der Waals surface area contributed by atoms with Gasteiger partial charge in [-0.05, 0) is 31.5 Å². The topological polar surface area (TPSA) is 46.6 Å². The molecule has 1 amide bonds. The van der Waals surface area contributed by atoms with Crippen molar-refractivity contribution in [2.75, 3.05) is 18.1 Å². The van der Waals surface area contributed by atoms with Crippen LogP contribution in [0.25, 0.3) is 0 Å². The van der Waals surface area contributed by atoms with Gasteiger partial charge in [0.25, 0.3) is 5.91 Å². The quantitative estimate of drug-likeness (QED) is 0.435. The van der Waals surface area contributed by atoms with Crippen LogP contribution in [0.4, 0.5) is 5.69 Å². The highest BCUT2D eigenvalue weighted by Gasteiger charge is 2.26. The predicted octanol–water partition coefficient (Wildman–Crippen LogP) is 3.80. The van der Waals surface area contributed by atoms with Crippen molar-refractivity contribution >= 4 is 29.0 Å². The highest BCUT2D eigenvalue weighted by Crippen LogP contribution is 2.33. The molecule has 0 aliphatic carbocycles. The third-order valence-electron chi connectivity index (χ3n) is 3.78. The molecule has 0 fully saturated rings. The van der Waals surface area contributed by atoms with Gasteiger partial charge in [-0.2, -0.15) is 0 Å². The first-order valence-corrected chi connectivity index (χ1v) is 8.23. The van der Waals surface area contributed by atoms with Crippen molar-refractivity contribution in [3.63, 3.8) is 0 Å². The molecule has 22 heavy (non-hydrogen) atoms. The van der Waals surface area contributed by atoms with Crippen LogP contribution in [-0.4, -0.2) is 30.2 Å². The van der Waals surface area contributed by atoms with Crippen LogP contribution in [-0.2, 0) is 4.79 Å². The van der Waals surface area contributed by atoms with E-state index < -0.39 is 5.38 Å². The zero-order chi connectivity index (χ0) is 16.1. The number of rotatable bonds is 7. The molecule has 0 saturated carbocycles. The van der Waals surface area contributed by atoms with Crippen LogP contribution in [0.1, 0.15) is 49.9 Å². The van der Waals surface area contributed by atoms with Gasteiger partial charge in [-0.3, -0.25) is 9.59 Å². The summed E-state index contributed by atoms with van der Waals surface area (Å²) in [6.07, 6.45) is 4.35. The number of benzene rings is 1. The van der Waals surface area contributed by atoms with Crippen molar-refractivity contribution in [3.05, 3.63) is 23.8 Å². The first-order chi connectivity index (χ1) is 10.5. The lowest BCUT2D eigenvalue weighted by atomic mass is 10.1. The normalized spacial score (nSPS) is 15.2. The number of carbonyl (C=O) groups excluding carboxylic acids is 2. The summed E-state index contributed by atoms with van der Waals surface area (Å²) in [7, 11) is 0. The maximum absolute atomic E-state index is 12.1. The summed E-state index contributed by atoms with van der Waals surface area (Å²) >= 11 is 5.87. The summed E-state index contributed by atoms with van der Waals surface area (Å²) < 4.78 is 5.45. The highest BCUT2D eigenvalue weighted by molar-refractivity contribution is 6.33. The van der Waals surface area contributed by atoms with Gasteiger partial charge in [0.2, 0.25) is 0 Å². The van der Waals surface area contributed by atoms with Gasteiger partial charge in [-0.15, -0.1) is 11.6 Å². The maximum atomic E-state index is 12.1. The summed E-state index contributed by atoms with van der Waals surface area (Å²) in [5.41, 5.74) is 1.19. The summed E-state index contributed by atoms with van der Waals surface area (Å²) in [5.74, 6) is 0.440. The third kappa shape index (κ3) is 3.80. The zero-order valence-electron chi connectivity index (χ0n) is 13.1. The Hall–Kier alpha value is -1.55. The fraction of sp³-hybridized carbons (Fsp3) is 0.529. The standard InChI is InChI=1S/C17H22ClNO3/c1-3-4-5-6-9-19-14-10-13(17(21)12(2)18)7-8-15(14)22-11-16(19)20/h7-8,10,12H,3-6,9,11H2,1-2H3. The average molecular weight is 324 g/mol. The number of carbonyl (C=O) groups is 2. The summed E-state index contributed by atoms with van der Waals surface area (Å²) in [6, 6.07) is 5.16. The molecule has 1 aliphatic rings. The predicted molar refractivity (Wildman–Crippen MR) is 88.1 cm³/mol. The number of ether oxygens (including phenoxy) is 1. The largest absolute Gasteiger partial charge is 0.482 e. The Morgan fingerprint density at radius 2 is 2.14 bits per heavy atom. The lowest BCUT2D eigenvalue weighted by Gasteiger charge is -2.29. The summed E-state index contributed by atoms with van der Waals surface area (Å²) in [5, 5.41) is -0.587. The number of nitrogens with zero attached hydrogens (tertiary/aromatic N) is 1. The number of hydrogen-bond acceptors (Lipinski definition) is 3. The lowest BCUT2D eigenvalue weighted by molar-refractivity contribution is -0.121. The van der Waals surface area contributed by atoms with E-state index in [1.54, 1.807) is 30.0 Å². The molecule has 1 aromatic rings. The minimum Gasteiger partial charge on any atom is -0.482 e. The van der Waals surface area contributed by atoms with E-state index >= 15 is 0 Å². The fourth-order valence-electron chi connectivity index (χ4n) is 2.53. The van der Waals surface area contributed by atoms with Gasteiger partial charge in [0, 0.05) is 12.1 Å². The second kappa shape index (κ2) is 7.63. The van der Waals surface area contributed by atoms with Crippen LogP contribution in [0.3, 0.4) is 0 Å². The molecule has 0 bridgehead atoms. The molecule has 0 radical (unpaired) electrons. The second-order valence-electron chi connectivity index (χ2n) is 5.56. The van der Waals surface area contributed by atoms with Crippen LogP contribution in [0.5, 0.6) is 5.75 Å². The van der Waals surface area contributed by atoms with E-state index in [1.807, 2.05) is 0 Å². The van der Waals surface area contributed by atoms with E-state index in [1.165, 1.54) is 0 Å². The van der Waals surface area contributed by atoms with Crippen molar-refractivity contribution in [3.8, 4) is 5.75 Å². The molecule has 1 atom stereocenters. The number of hydrogen-bond donors (Lipinski definition) is 0. The van der Waals surface area contributed by atoms with Gasteiger partial charge in [0.1, 0.15) is 5.75 Å². The SMILES string of the molecule is CCCCCCN1C(=O)COc2ccc(C(=O)C(C)Cl)cc21. The van der Waals surface area contributed by atoms with Crippen LogP contribution in [0.15, 0.2) is 18.2 Å². The number of unbranched alkanes of at least 4 members (excludes halogenated alkanes) is 3. The minimum absolute atomic E-state index is 0.0555. The van der Waals surface area contributed by atoms with E-state index in [0.29, 0.717) is 23.5 Å². The zero-order valence-corrected chi connectivity index (χ0v) is 13.9. The van der Waals surface area contributed by atoms with Gasteiger partial charge in [-0.25, -0.2) is 0 Å². The molecule has 1 aromatic carbocycles. The van der Waals surface area contributed by atoms with E-state index in [-0.39, 0.29) is 18.3 Å². The minimum atomic E-state index is -0.587. The Morgan fingerprint density at radius 3 is 2.82 bits per heavy atom. The molecular formula is C17H22ClNO3. The number of ketones is 1. The van der Waals surface area contributed by atoms with Crippen molar-refractivity contribution in [2.24, 2.45) is 0 Å². The summed E-state index contributed by atoms with van der Waals surface area (Å²) in [4.78, 5) is 25.9. The van der Waals surface area contributed by atoms with Crippen molar-refractivity contribution < 1.29 is 14.3 Å². The molecule has 2 rings (SSSR count). The Labute approximate surface area is 136 Å². The van der Waals surface area contributed by atoms with Crippen LogP contribution in [0.2, 0.25) is 0 Å². The number of Topliss-reactive ketones (excluding diaryl/α,β-unsaturated/α-hetero) is 1. The number of amides is 1. The van der Waals surface area contributed by atoms with E-state index in [9.17, 15) is 9.59 Å². The van der Waals surface area contributed by atoms with Crippen LogP contribution < -0.4 is 9.64 Å². The van der Waals surface area contributed by atoms with Gasteiger partial charge >= 0.3 is 0 Å². The molecule has 0 saturated heterocycles. The highest BCUT2D eigenvalue weighted by atomic mass is 35.5. The molecule has 1 unspecified atom stereocenters. The van der Waals surface area contributed by atoms with Crippen LogP contribution >= 0.6 is 11.6 Å². The first kappa shape index (κ1) is 16.8. The third-order valence-corrected chi connectivity index (χ3v) is 3.98. The average Bonchev–Trinajstić information content (AvgIpc) is 2.51. The number of anilines is 1. The smallest absolute Gasteiger partial charge is 0.265 e. The maximum Gasteiger partial charge on any atom is 0.265 e. The lowest BCUT2D eigenvalue weighted by Crippen LogP contribution is -2.39. The second-order valence-corrected chi connectivity index (χ2v) is 6.21. The fourth-order valence-corrected chi connectivity index (χ4v) is 2.65. The van der Waals surface area contributed by atoms with Crippen LogP contribution in [0, 0.1) is 0 Å². The molecule has 5 heteroatoms. The Morgan fingerprint density at radius 1 is 1.36 bits per heavy atom. The Balaban J connectivity index is 2.21. The first-order valence-electron chi connectivity index (χ1n) is 7.80. The Bertz CT molecular complexity index is 557. The van der Waals surface area contributed by atoms with Crippen molar-refractivity contribution in [1.82, 2.24) is 0 Å². The monoisotopic (exact) mass is 323 g/mol. The number of alkyl halides is 1. The van der Waals surface area contributed by atoms with Crippen molar-refractivity contribution in [2.45, 2.75) is 44.9 Å². The van der Waals surface area contributed by atoms with E-state index in [4.69, 9.17) is 16.3 Å². The van der Waals surface area contributed by atoms with E-state index in [2.05, 4.69) is 6.92 Å². The number of fused-ring (bicyclic) bond motifs is 1. The van der Waals surface area contributed by atoms with Gasteiger partial charge in [-0.1, -0.05) is 26.2 Å². The van der Waals surface area contributed by atoms with E-state index in [0.717, 1.165) is 25.7 Å². The molecule has 0 spiro atoms. The molecule has 4 nitrogen and oxygen atoms in total.